The number of nitrogens with two attached hydrogens (primary N) is 1. The van der Waals surface area contributed by atoms with Gasteiger partial charge >= 0.3 is 0 Å². The van der Waals surface area contributed by atoms with Gasteiger partial charge in [0.1, 0.15) is 0 Å². The van der Waals surface area contributed by atoms with E-state index >= 15 is 0 Å². The summed E-state index contributed by atoms with van der Waals surface area (Å²) in [6.07, 6.45) is 2.29. The average molecular weight is 205 g/mol. The maximum absolute atomic E-state index is 6.24. The van der Waals surface area contributed by atoms with Crippen molar-refractivity contribution in [2.45, 2.75) is 46.6 Å². The Labute approximate surface area is 93.7 Å². The van der Waals surface area contributed by atoms with Crippen LogP contribution in [0.1, 0.15) is 49.4 Å². The van der Waals surface area contributed by atoms with E-state index in [4.69, 9.17) is 5.73 Å². The summed E-state index contributed by atoms with van der Waals surface area (Å²) in [5, 5.41) is 0. The first kappa shape index (κ1) is 12.3. The van der Waals surface area contributed by atoms with Gasteiger partial charge in [-0.1, -0.05) is 32.0 Å². The molecular weight excluding hydrogens is 182 g/mol. The fourth-order valence-electron chi connectivity index (χ4n) is 2.07. The standard InChI is InChI=1S/C14H23N/c1-10(2)8-9-13(15)14-11(3)6-5-7-12(14)4/h5-7,10,13H,8-9,15H2,1-4H3/t13-/m0/s1. The molecule has 0 aliphatic carbocycles. The third-order valence-corrected chi connectivity index (χ3v) is 2.97. The molecule has 0 bridgehead atoms. The quantitative estimate of drug-likeness (QED) is 0.796. The number of hydrogen-bond acceptors (Lipinski definition) is 1. The second kappa shape index (κ2) is 5.32. The number of benzene rings is 1. The van der Waals surface area contributed by atoms with Gasteiger partial charge in [-0.3, -0.25) is 0 Å². The van der Waals surface area contributed by atoms with Crippen molar-refractivity contribution in [2.75, 3.05) is 0 Å². The molecule has 1 atom stereocenters. The maximum Gasteiger partial charge on any atom is 0.0300 e. The monoisotopic (exact) mass is 205 g/mol. The summed E-state index contributed by atoms with van der Waals surface area (Å²) in [6, 6.07) is 6.60. The lowest BCUT2D eigenvalue weighted by atomic mass is 9.92. The van der Waals surface area contributed by atoms with Crippen LogP contribution in [0.4, 0.5) is 0 Å². The van der Waals surface area contributed by atoms with Crippen molar-refractivity contribution in [3.05, 3.63) is 34.9 Å². The lowest BCUT2D eigenvalue weighted by Gasteiger charge is -2.18. The van der Waals surface area contributed by atoms with E-state index in [2.05, 4.69) is 45.9 Å². The van der Waals surface area contributed by atoms with Crippen LogP contribution < -0.4 is 5.73 Å². The third-order valence-electron chi connectivity index (χ3n) is 2.97. The van der Waals surface area contributed by atoms with Gasteiger partial charge in [-0.05, 0) is 49.3 Å². The van der Waals surface area contributed by atoms with Gasteiger partial charge in [0.25, 0.3) is 0 Å². The van der Waals surface area contributed by atoms with Gasteiger partial charge in [0.2, 0.25) is 0 Å². The molecule has 1 aromatic carbocycles. The number of hydrogen-bond donors (Lipinski definition) is 1. The minimum absolute atomic E-state index is 0.202. The maximum atomic E-state index is 6.24. The summed E-state index contributed by atoms with van der Waals surface area (Å²) in [5.41, 5.74) is 10.2. The fourth-order valence-corrected chi connectivity index (χ4v) is 2.07. The summed E-state index contributed by atoms with van der Waals surface area (Å²) in [7, 11) is 0. The van der Waals surface area contributed by atoms with E-state index in [0.717, 1.165) is 12.3 Å². The Morgan fingerprint density at radius 1 is 1.07 bits per heavy atom. The largest absolute Gasteiger partial charge is 0.324 e. The summed E-state index contributed by atoms with van der Waals surface area (Å²) in [4.78, 5) is 0. The first-order chi connectivity index (χ1) is 7.02. The highest BCUT2D eigenvalue weighted by molar-refractivity contribution is 5.35. The highest BCUT2D eigenvalue weighted by atomic mass is 14.6. The van der Waals surface area contributed by atoms with E-state index in [1.165, 1.54) is 23.1 Å². The molecule has 0 amide bonds. The average Bonchev–Trinajstić information content (AvgIpc) is 2.14. The molecule has 0 saturated heterocycles. The minimum Gasteiger partial charge on any atom is -0.324 e. The predicted octanol–water partition coefficient (Wildman–Crippen LogP) is 3.74. The first-order valence-electron chi connectivity index (χ1n) is 5.84. The van der Waals surface area contributed by atoms with Crippen molar-refractivity contribution in [2.24, 2.45) is 11.7 Å². The second-order valence-electron chi connectivity index (χ2n) is 4.88. The van der Waals surface area contributed by atoms with E-state index < -0.39 is 0 Å². The number of rotatable bonds is 4. The van der Waals surface area contributed by atoms with E-state index in [0.29, 0.717) is 0 Å². The fraction of sp³-hybridized carbons (Fsp3) is 0.571. The highest BCUT2D eigenvalue weighted by Crippen LogP contribution is 2.24. The molecule has 0 spiro atoms. The first-order valence-corrected chi connectivity index (χ1v) is 5.84. The Bertz CT molecular complexity index is 295. The topological polar surface area (TPSA) is 26.0 Å². The number of aryl methyl sites for hydroxylation is 2. The van der Waals surface area contributed by atoms with Crippen LogP contribution in [0.3, 0.4) is 0 Å². The Morgan fingerprint density at radius 2 is 1.60 bits per heavy atom. The SMILES string of the molecule is Cc1cccc(C)c1[C@@H](N)CCC(C)C. The van der Waals surface area contributed by atoms with Crippen molar-refractivity contribution in [3.63, 3.8) is 0 Å². The van der Waals surface area contributed by atoms with Gasteiger partial charge in [0, 0.05) is 6.04 Å². The molecule has 15 heavy (non-hydrogen) atoms. The highest BCUT2D eigenvalue weighted by Gasteiger charge is 2.11. The smallest absolute Gasteiger partial charge is 0.0300 e. The molecular formula is C14H23N. The van der Waals surface area contributed by atoms with Crippen molar-refractivity contribution in [3.8, 4) is 0 Å². The van der Waals surface area contributed by atoms with Gasteiger partial charge in [-0.25, -0.2) is 0 Å². The Hall–Kier alpha value is -0.820. The van der Waals surface area contributed by atoms with E-state index in [1.807, 2.05) is 0 Å². The molecule has 1 aromatic rings. The van der Waals surface area contributed by atoms with Crippen LogP contribution in [0.25, 0.3) is 0 Å². The predicted molar refractivity (Wildman–Crippen MR) is 66.9 cm³/mol. The Balaban J connectivity index is 2.77. The van der Waals surface area contributed by atoms with Crippen molar-refractivity contribution >= 4 is 0 Å². The van der Waals surface area contributed by atoms with Gasteiger partial charge in [-0.2, -0.15) is 0 Å². The molecule has 0 heterocycles. The van der Waals surface area contributed by atoms with Crippen LogP contribution in [0.5, 0.6) is 0 Å². The molecule has 0 saturated carbocycles. The lowest BCUT2D eigenvalue weighted by Crippen LogP contribution is -2.14. The van der Waals surface area contributed by atoms with Crippen LogP contribution in [0.2, 0.25) is 0 Å². The third kappa shape index (κ3) is 3.35. The summed E-state index contributed by atoms with van der Waals surface area (Å²) >= 11 is 0. The van der Waals surface area contributed by atoms with Crippen LogP contribution in [-0.4, -0.2) is 0 Å². The van der Waals surface area contributed by atoms with Crippen LogP contribution >= 0.6 is 0 Å². The summed E-state index contributed by atoms with van der Waals surface area (Å²) < 4.78 is 0. The van der Waals surface area contributed by atoms with E-state index in [1.54, 1.807) is 0 Å². The molecule has 0 aliphatic rings. The zero-order valence-electron chi connectivity index (χ0n) is 10.4. The molecule has 0 radical (unpaired) electrons. The normalized spacial score (nSPS) is 13.2. The van der Waals surface area contributed by atoms with Gasteiger partial charge in [0.05, 0.1) is 0 Å². The van der Waals surface area contributed by atoms with Crippen molar-refractivity contribution < 1.29 is 0 Å². The van der Waals surface area contributed by atoms with Crippen LogP contribution in [0, 0.1) is 19.8 Å². The molecule has 1 rings (SSSR count). The second-order valence-corrected chi connectivity index (χ2v) is 4.88. The summed E-state index contributed by atoms with van der Waals surface area (Å²) in [6.45, 7) is 8.80. The van der Waals surface area contributed by atoms with E-state index in [-0.39, 0.29) is 6.04 Å². The zero-order chi connectivity index (χ0) is 11.4. The minimum atomic E-state index is 0.202. The van der Waals surface area contributed by atoms with Gasteiger partial charge in [-0.15, -0.1) is 0 Å². The molecule has 1 nitrogen and oxygen atoms in total. The molecule has 84 valence electrons. The molecule has 0 aromatic heterocycles. The van der Waals surface area contributed by atoms with Crippen LogP contribution in [-0.2, 0) is 0 Å². The van der Waals surface area contributed by atoms with Gasteiger partial charge < -0.3 is 5.73 Å². The van der Waals surface area contributed by atoms with Crippen molar-refractivity contribution in [1.29, 1.82) is 0 Å². The Morgan fingerprint density at radius 3 is 2.07 bits per heavy atom. The summed E-state index contributed by atoms with van der Waals surface area (Å²) in [5.74, 6) is 0.736. The zero-order valence-corrected chi connectivity index (χ0v) is 10.4. The molecule has 2 N–H and O–H groups in total. The molecule has 0 aliphatic heterocycles. The Kier molecular flexibility index (Phi) is 4.34. The van der Waals surface area contributed by atoms with Gasteiger partial charge in [0.15, 0.2) is 0 Å². The van der Waals surface area contributed by atoms with E-state index in [9.17, 15) is 0 Å². The van der Waals surface area contributed by atoms with Crippen LogP contribution in [0.15, 0.2) is 18.2 Å². The van der Waals surface area contributed by atoms with Crippen molar-refractivity contribution in [1.82, 2.24) is 0 Å². The molecule has 1 heteroatoms. The molecule has 0 fully saturated rings. The molecule has 0 unspecified atom stereocenters. The lowest BCUT2D eigenvalue weighted by molar-refractivity contribution is 0.505.